The number of carbonyl (C=O) groups is 1. The van der Waals surface area contributed by atoms with Gasteiger partial charge in [0.05, 0.1) is 17.2 Å². The maximum atomic E-state index is 13.1. The van der Waals surface area contributed by atoms with Gasteiger partial charge in [0.15, 0.2) is 0 Å². The molecule has 3 heterocycles. The van der Waals surface area contributed by atoms with Crippen LogP contribution in [-0.2, 0) is 17.6 Å². The van der Waals surface area contributed by atoms with Gasteiger partial charge in [0.2, 0.25) is 5.91 Å². The molecule has 1 unspecified atom stereocenters. The molecule has 0 bridgehead atoms. The molecule has 1 N–H and O–H groups in total. The van der Waals surface area contributed by atoms with Crippen molar-refractivity contribution < 1.29 is 9.90 Å². The Balaban J connectivity index is 1.44. The zero-order valence-electron chi connectivity index (χ0n) is 17.6. The first-order valence-electron chi connectivity index (χ1n) is 11.1. The molecule has 1 saturated heterocycles. The number of aliphatic hydroxyl groups excluding tert-OH is 1. The van der Waals surface area contributed by atoms with Gasteiger partial charge in [-0.15, -0.1) is 10.2 Å². The number of hydrogen-bond acceptors (Lipinski definition) is 4. The predicted octanol–water partition coefficient (Wildman–Crippen LogP) is 3.66. The first-order chi connectivity index (χ1) is 14.4. The average molecular weight is 429 g/mol. The van der Waals surface area contributed by atoms with Gasteiger partial charge in [0, 0.05) is 36.4 Å². The van der Waals surface area contributed by atoms with Crippen LogP contribution in [-0.4, -0.2) is 49.4 Å². The van der Waals surface area contributed by atoms with E-state index in [1.54, 1.807) is 0 Å². The highest BCUT2D eigenvalue weighted by molar-refractivity contribution is 6.30. The average Bonchev–Trinajstić information content (AvgIpc) is 3.21. The molecule has 1 aliphatic carbocycles. The van der Waals surface area contributed by atoms with E-state index in [0.29, 0.717) is 23.8 Å². The van der Waals surface area contributed by atoms with Crippen molar-refractivity contribution in [2.24, 2.45) is 5.41 Å². The smallest absolute Gasteiger partial charge is 0.229 e. The van der Waals surface area contributed by atoms with Crippen molar-refractivity contribution in [3.8, 4) is 5.69 Å². The number of halogens is 1. The Bertz CT molecular complexity index is 978. The molecule has 5 rings (SSSR count). The van der Waals surface area contributed by atoms with Crippen LogP contribution in [0.1, 0.15) is 69.1 Å². The van der Waals surface area contributed by atoms with Gasteiger partial charge < -0.3 is 10.0 Å². The van der Waals surface area contributed by atoms with Gasteiger partial charge in [-0.2, -0.15) is 0 Å². The Hall–Kier alpha value is -1.92. The number of benzene rings is 1. The van der Waals surface area contributed by atoms with Gasteiger partial charge in [-0.3, -0.25) is 9.36 Å². The van der Waals surface area contributed by atoms with Crippen molar-refractivity contribution in [1.82, 2.24) is 19.7 Å². The molecule has 1 amide bonds. The number of aliphatic hydroxyl groups is 1. The lowest BCUT2D eigenvalue weighted by Crippen LogP contribution is -2.40. The molecule has 1 aromatic heterocycles. The number of likely N-dealkylation sites (tertiary alicyclic amines) is 1. The van der Waals surface area contributed by atoms with Gasteiger partial charge in [-0.05, 0) is 69.7 Å². The minimum Gasteiger partial charge on any atom is -0.392 e. The molecular weight excluding hydrogens is 400 g/mol. The van der Waals surface area contributed by atoms with Crippen molar-refractivity contribution in [2.45, 2.75) is 76.9 Å². The number of nitrogens with zero attached hydrogens (tertiary/aromatic N) is 4. The Labute approximate surface area is 182 Å². The maximum absolute atomic E-state index is 13.1. The third-order valence-corrected chi connectivity index (χ3v) is 7.62. The molecule has 6 nitrogen and oxygen atoms in total. The van der Waals surface area contributed by atoms with E-state index in [2.05, 4.69) is 28.6 Å². The van der Waals surface area contributed by atoms with Gasteiger partial charge in [0.25, 0.3) is 0 Å². The van der Waals surface area contributed by atoms with E-state index in [1.165, 1.54) is 0 Å². The van der Waals surface area contributed by atoms with Crippen LogP contribution in [0.3, 0.4) is 0 Å². The van der Waals surface area contributed by atoms with Crippen molar-refractivity contribution in [3.05, 3.63) is 40.4 Å². The van der Waals surface area contributed by atoms with Crippen LogP contribution >= 0.6 is 11.6 Å². The summed E-state index contributed by atoms with van der Waals surface area (Å²) in [5.74, 6) is 2.39. The van der Waals surface area contributed by atoms with Crippen LogP contribution in [0.25, 0.3) is 5.69 Å². The predicted molar refractivity (Wildman–Crippen MR) is 115 cm³/mol. The second-order valence-corrected chi connectivity index (χ2v) is 9.98. The Morgan fingerprint density at radius 1 is 1.17 bits per heavy atom. The van der Waals surface area contributed by atoms with Crippen molar-refractivity contribution in [3.63, 3.8) is 0 Å². The number of rotatable bonds is 2. The number of hydrogen-bond donors (Lipinski definition) is 1. The summed E-state index contributed by atoms with van der Waals surface area (Å²) in [6, 6.07) is 6.11. The lowest BCUT2D eigenvalue weighted by Gasteiger charge is -2.36. The molecule has 2 aromatic rings. The largest absolute Gasteiger partial charge is 0.392 e. The molecule has 1 aromatic carbocycles. The van der Waals surface area contributed by atoms with Crippen LogP contribution in [0, 0.1) is 5.41 Å². The van der Waals surface area contributed by atoms with Gasteiger partial charge >= 0.3 is 0 Å². The Morgan fingerprint density at radius 3 is 2.63 bits per heavy atom. The van der Waals surface area contributed by atoms with Gasteiger partial charge in [-0.25, -0.2) is 0 Å². The van der Waals surface area contributed by atoms with Crippen LogP contribution in [0.15, 0.2) is 18.2 Å². The third kappa shape index (κ3) is 3.16. The van der Waals surface area contributed by atoms with E-state index in [9.17, 15) is 9.90 Å². The van der Waals surface area contributed by atoms with Crippen LogP contribution < -0.4 is 0 Å². The summed E-state index contributed by atoms with van der Waals surface area (Å²) in [6.45, 7) is 5.09. The summed E-state index contributed by atoms with van der Waals surface area (Å²) in [4.78, 5) is 15.1. The second kappa shape index (κ2) is 7.34. The minimum atomic E-state index is -0.492. The fraction of sp³-hybridized carbons (Fsp3) is 0.609. The second-order valence-electron chi connectivity index (χ2n) is 9.54. The quantitative estimate of drug-likeness (QED) is 0.792. The lowest BCUT2D eigenvalue weighted by atomic mass is 9.69. The molecule has 0 radical (unpaired) electrons. The van der Waals surface area contributed by atoms with Gasteiger partial charge in [-0.1, -0.05) is 11.6 Å². The van der Waals surface area contributed by atoms with E-state index in [4.69, 9.17) is 11.6 Å². The van der Waals surface area contributed by atoms with E-state index >= 15 is 0 Å². The summed E-state index contributed by atoms with van der Waals surface area (Å²) >= 11 is 6.23. The van der Waals surface area contributed by atoms with Crippen LogP contribution in [0.5, 0.6) is 0 Å². The summed E-state index contributed by atoms with van der Waals surface area (Å²) < 4.78 is 2.14. The summed E-state index contributed by atoms with van der Waals surface area (Å²) in [7, 11) is 0. The van der Waals surface area contributed by atoms with Crippen LogP contribution in [0.4, 0.5) is 0 Å². The van der Waals surface area contributed by atoms with E-state index in [-0.39, 0.29) is 17.4 Å². The molecule has 1 spiro atoms. The van der Waals surface area contributed by atoms with E-state index < -0.39 is 6.10 Å². The number of fused-ring (bicyclic) bond motifs is 3. The molecule has 160 valence electrons. The molecule has 2 aliphatic heterocycles. The monoisotopic (exact) mass is 428 g/mol. The molecule has 1 saturated carbocycles. The lowest BCUT2D eigenvalue weighted by molar-refractivity contribution is -0.139. The van der Waals surface area contributed by atoms with Crippen LogP contribution in [0.2, 0.25) is 5.02 Å². The van der Waals surface area contributed by atoms with Crippen molar-refractivity contribution >= 4 is 17.5 Å². The molecular formula is C23H29ClN4O2. The maximum Gasteiger partial charge on any atom is 0.229 e. The highest BCUT2D eigenvalue weighted by Gasteiger charge is 2.49. The van der Waals surface area contributed by atoms with Gasteiger partial charge in [0.1, 0.15) is 11.6 Å². The third-order valence-electron chi connectivity index (χ3n) is 7.39. The molecule has 3 aliphatic rings. The molecule has 30 heavy (non-hydrogen) atoms. The zero-order chi connectivity index (χ0) is 21.0. The molecule has 7 heteroatoms. The summed E-state index contributed by atoms with van der Waals surface area (Å²) in [6.07, 6.45) is 5.25. The number of carbonyl (C=O) groups excluding carboxylic acids is 1. The normalized spacial score (nSPS) is 28.7. The number of amides is 1. The summed E-state index contributed by atoms with van der Waals surface area (Å²) in [5, 5.41) is 20.2. The van der Waals surface area contributed by atoms with E-state index in [0.717, 1.165) is 61.5 Å². The highest BCUT2D eigenvalue weighted by atomic mass is 35.5. The highest BCUT2D eigenvalue weighted by Crippen LogP contribution is 2.49. The SMILES string of the molecule is CC(C)N1CCC2(CCC(c3nnc4n3-c3ccc(Cl)cc3CC(O)C4)CC2)C1=O. The van der Waals surface area contributed by atoms with Crippen molar-refractivity contribution in [2.75, 3.05) is 6.54 Å². The first-order valence-corrected chi connectivity index (χ1v) is 11.5. The van der Waals surface area contributed by atoms with E-state index in [1.807, 2.05) is 23.1 Å². The Morgan fingerprint density at radius 2 is 1.93 bits per heavy atom. The fourth-order valence-electron chi connectivity index (χ4n) is 5.69. The molecule has 1 atom stereocenters. The van der Waals surface area contributed by atoms with Crippen molar-refractivity contribution in [1.29, 1.82) is 0 Å². The zero-order valence-corrected chi connectivity index (χ0v) is 18.4. The summed E-state index contributed by atoms with van der Waals surface area (Å²) in [5.41, 5.74) is 1.87. The fourth-order valence-corrected chi connectivity index (χ4v) is 5.89. The molecule has 2 fully saturated rings. The first kappa shape index (κ1) is 20.0. The Kier molecular flexibility index (Phi) is 4.90. The topological polar surface area (TPSA) is 71.2 Å². The standard InChI is InChI=1S/C23H29ClN4O2/c1-14(2)27-10-9-23(22(27)30)7-5-15(6-8-23)21-26-25-20-13-18(29)12-16-11-17(24)3-4-19(16)28(20)21/h3-4,11,14-15,18,29H,5-10,12-13H2,1-2H3. The minimum absolute atomic E-state index is 0.177. The number of aromatic nitrogens is 3.